The summed E-state index contributed by atoms with van der Waals surface area (Å²) in [5, 5.41) is 14.1. The Hall–Kier alpha value is -8.93. The van der Waals surface area contributed by atoms with Crippen LogP contribution in [-0.2, 0) is 0 Å². The molecule has 0 unspecified atom stereocenters. The minimum Gasteiger partial charge on any atom is -0.309 e. The van der Waals surface area contributed by atoms with E-state index in [1.54, 1.807) is 0 Å². The predicted molar refractivity (Wildman–Crippen MR) is 275 cm³/mol. The first-order chi connectivity index (χ1) is 32.7. The lowest BCUT2D eigenvalue weighted by Gasteiger charge is -2.16. The van der Waals surface area contributed by atoms with E-state index in [-0.39, 0.29) is 0 Å². The van der Waals surface area contributed by atoms with Gasteiger partial charge in [-0.3, -0.25) is 0 Å². The summed E-state index contributed by atoms with van der Waals surface area (Å²) in [6.07, 6.45) is 0. The summed E-state index contributed by atoms with van der Waals surface area (Å²) < 4.78 is 4.86. The largest absolute Gasteiger partial charge is 0.309 e. The Balaban J connectivity index is 1.02. The van der Waals surface area contributed by atoms with Crippen molar-refractivity contribution in [2.24, 2.45) is 0 Å². The zero-order valence-corrected chi connectivity index (χ0v) is 35.6. The van der Waals surface area contributed by atoms with Gasteiger partial charge in [-0.15, -0.1) is 0 Å². The third kappa shape index (κ3) is 5.50. The second kappa shape index (κ2) is 14.3. The fourth-order valence-corrected chi connectivity index (χ4v) is 10.5. The molecule has 5 nitrogen and oxygen atoms in total. The van der Waals surface area contributed by atoms with Crippen LogP contribution >= 0.6 is 0 Å². The molecule has 5 heteroatoms. The highest BCUT2D eigenvalue weighted by Gasteiger charge is 2.22. The Bertz CT molecular complexity index is 4200. The number of aromatic nitrogens is 5. The molecule has 306 valence electrons. The van der Waals surface area contributed by atoms with Crippen molar-refractivity contribution in [1.29, 1.82) is 0 Å². The molecule has 14 aromatic rings. The van der Waals surface area contributed by atoms with E-state index in [0.717, 1.165) is 66.0 Å². The van der Waals surface area contributed by atoms with Gasteiger partial charge in [-0.05, 0) is 92.3 Å². The van der Waals surface area contributed by atoms with Gasteiger partial charge in [0.1, 0.15) is 0 Å². The van der Waals surface area contributed by atoms with Crippen molar-refractivity contribution < 1.29 is 0 Å². The number of para-hydroxylation sites is 3. The first-order valence-corrected chi connectivity index (χ1v) is 22.4. The minimum absolute atomic E-state index is 0.611. The van der Waals surface area contributed by atoms with E-state index in [2.05, 4.69) is 234 Å². The molecule has 3 aromatic heterocycles. The van der Waals surface area contributed by atoms with Crippen molar-refractivity contribution in [3.63, 3.8) is 0 Å². The second-order valence-electron chi connectivity index (χ2n) is 17.2. The molecule has 0 atom stereocenters. The van der Waals surface area contributed by atoms with E-state index in [9.17, 15) is 0 Å². The van der Waals surface area contributed by atoms with Crippen LogP contribution in [0.4, 0.5) is 0 Å². The fourth-order valence-electron chi connectivity index (χ4n) is 10.5. The summed E-state index contributed by atoms with van der Waals surface area (Å²) in [4.78, 5) is 16.0. The van der Waals surface area contributed by atoms with Gasteiger partial charge < -0.3 is 9.13 Å². The van der Waals surface area contributed by atoms with Crippen molar-refractivity contribution >= 4 is 86.7 Å². The number of nitrogens with zero attached hydrogens (tertiary/aromatic N) is 5. The van der Waals surface area contributed by atoms with Crippen LogP contribution in [0, 0.1) is 0 Å². The van der Waals surface area contributed by atoms with E-state index in [1.165, 1.54) is 48.7 Å². The number of rotatable bonds is 5. The molecular formula is C61H37N5. The molecule has 0 fully saturated rings. The van der Waals surface area contributed by atoms with Crippen LogP contribution in [0.2, 0.25) is 0 Å². The third-order valence-electron chi connectivity index (χ3n) is 13.5. The summed E-state index contributed by atoms with van der Waals surface area (Å²) >= 11 is 0. The molecule has 0 aliphatic rings. The van der Waals surface area contributed by atoms with Gasteiger partial charge in [0.25, 0.3) is 0 Å². The highest BCUT2D eigenvalue weighted by Crippen LogP contribution is 2.42. The van der Waals surface area contributed by atoms with Crippen LogP contribution in [-0.4, -0.2) is 24.1 Å². The van der Waals surface area contributed by atoms with Crippen molar-refractivity contribution in [3.8, 4) is 45.5 Å². The maximum Gasteiger partial charge on any atom is 0.166 e. The third-order valence-corrected chi connectivity index (χ3v) is 13.5. The van der Waals surface area contributed by atoms with Crippen molar-refractivity contribution in [2.75, 3.05) is 0 Å². The summed E-state index contributed by atoms with van der Waals surface area (Å²) in [6, 6.07) is 80.5. The average Bonchev–Trinajstić information content (AvgIpc) is 3.88. The number of fused-ring (bicyclic) bond motifs is 10. The molecule has 11 aromatic carbocycles. The van der Waals surface area contributed by atoms with Crippen LogP contribution in [0.15, 0.2) is 224 Å². The molecule has 0 amide bonds. The van der Waals surface area contributed by atoms with Crippen LogP contribution in [0.5, 0.6) is 0 Å². The van der Waals surface area contributed by atoms with Crippen molar-refractivity contribution in [2.45, 2.75) is 0 Å². The average molecular weight is 840 g/mol. The quantitative estimate of drug-likeness (QED) is 0.173. The predicted octanol–water partition coefficient (Wildman–Crippen LogP) is 15.7. The lowest BCUT2D eigenvalue weighted by atomic mass is 10.0. The summed E-state index contributed by atoms with van der Waals surface area (Å²) in [5.74, 6) is 1.88. The van der Waals surface area contributed by atoms with Crippen molar-refractivity contribution in [1.82, 2.24) is 24.1 Å². The minimum atomic E-state index is 0.611. The molecule has 0 saturated carbocycles. The first-order valence-electron chi connectivity index (χ1n) is 22.4. The molecule has 0 spiro atoms. The van der Waals surface area contributed by atoms with E-state index >= 15 is 0 Å². The Morgan fingerprint density at radius 1 is 0.227 bits per heavy atom. The van der Waals surface area contributed by atoms with Gasteiger partial charge in [-0.25, -0.2) is 15.0 Å². The summed E-state index contributed by atoms with van der Waals surface area (Å²) in [5.41, 5.74) is 9.59. The van der Waals surface area contributed by atoms with Crippen LogP contribution < -0.4 is 0 Å². The normalized spacial score (nSPS) is 11.9. The van der Waals surface area contributed by atoms with E-state index in [4.69, 9.17) is 15.0 Å². The molecular weight excluding hydrogens is 803 g/mol. The lowest BCUT2D eigenvalue weighted by Crippen LogP contribution is -2.04. The molecule has 0 N–H and O–H groups in total. The molecule has 3 heterocycles. The number of hydrogen-bond acceptors (Lipinski definition) is 3. The summed E-state index contributed by atoms with van der Waals surface area (Å²) in [7, 11) is 0. The summed E-state index contributed by atoms with van der Waals surface area (Å²) in [6.45, 7) is 0. The van der Waals surface area contributed by atoms with Gasteiger partial charge in [0.05, 0.1) is 33.4 Å². The number of benzene rings is 11. The highest BCUT2D eigenvalue weighted by atomic mass is 15.1. The van der Waals surface area contributed by atoms with Crippen molar-refractivity contribution in [3.05, 3.63) is 224 Å². The Kier molecular flexibility index (Phi) is 7.91. The zero-order valence-electron chi connectivity index (χ0n) is 35.6. The molecule has 0 radical (unpaired) electrons. The molecule has 66 heavy (non-hydrogen) atoms. The first kappa shape index (κ1) is 36.5. The highest BCUT2D eigenvalue weighted by molar-refractivity contribution is 6.18. The molecule has 0 saturated heterocycles. The maximum absolute atomic E-state index is 5.38. The van der Waals surface area contributed by atoms with Gasteiger partial charge in [0.2, 0.25) is 0 Å². The molecule has 0 bridgehead atoms. The SMILES string of the molecule is c1ccc(-n2c3ccccc3c3cc4c(-n5c6ccccc6c6cc7ccccc7cc65)cccc4cc32)c(-c2nc(-c3cccc4ccccc34)nc(-c3cccc4ccccc34)n2)c1. The lowest BCUT2D eigenvalue weighted by molar-refractivity contribution is 1.07. The molecule has 0 aliphatic carbocycles. The topological polar surface area (TPSA) is 48.5 Å². The smallest absolute Gasteiger partial charge is 0.166 e. The second-order valence-corrected chi connectivity index (χ2v) is 17.2. The Morgan fingerprint density at radius 3 is 1.26 bits per heavy atom. The van der Waals surface area contributed by atoms with E-state index in [1.807, 2.05) is 0 Å². The standard InChI is InChI=1S/C61H37N5/c1-2-19-41-35-57-51(34-40(41)18-1)45-25-7-10-30-53(45)66(57)56-33-15-22-42-36-58-52(37-50(42)56)46-26-8-11-31-54(46)65(58)55-32-12-9-27-49(55)61-63-59(47-28-13-20-38-16-3-5-23-43(38)47)62-60(64-61)48-29-14-21-39-17-4-6-24-44(39)48/h1-37H. The van der Waals surface area contributed by atoms with Gasteiger partial charge in [-0.1, -0.05) is 170 Å². The van der Waals surface area contributed by atoms with Crippen LogP contribution in [0.3, 0.4) is 0 Å². The van der Waals surface area contributed by atoms with E-state index in [0.29, 0.717) is 17.5 Å². The fraction of sp³-hybridized carbons (Fsp3) is 0. The van der Waals surface area contributed by atoms with Gasteiger partial charge in [0.15, 0.2) is 17.5 Å². The molecule has 0 aliphatic heterocycles. The van der Waals surface area contributed by atoms with Gasteiger partial charge in [0, 0.05) is 43.6 Å². The Morgan fingerprint density at radius 2 is 0.621 bits per heavy atom. The van der Waals surface area contributed by atoms with E-state index < -0.39 is 0 Å². The van der Waals surface area contributed by atoms with Crippen LogP contribution in [0.1, 0.15) is 0 Å². The monoisotopic (exact) mass is 839 g/mol. The Labute approximate surface area is 379 Å². The van der Waals surface area contributed by atoms with Gasteiger partial charge in [-0.2, -0.15) is 0 Å². The zero-order chi connectivity index (χ0) is 43.3. The number of hydrogen-bond donors (Lipinski definition) is 0. The maximum atomic E-state index is 5.38. The molecule has 14 rings (SSSR count). The van der Waals surface area contributed by atoms with Crippen LogP contribution in [0.25, 0.3) is 132 Å². The van der Waals surface area contributed by atoms with Gasteiger partial charge >= 0.3 is 0 Å².